The van der Waals surface area contributed by atoms with Gasteiger partial charge in [-0.05, 0) is 25.8 Å². The molecule has 1 fully saturated rings. The van der Waals surface area contributed by atoms with E-state index in [1.807, 2.05) is 24.9 Å². The van der Waals surface area contributed by atoms with Crippen molar-refractivity contribution in [3.8, 4) is 0 Å². The minimum absolute atomic E-state index is 0.00815. The van der Waals surface area contributed by atoms with Crippen LogP contribution in [0.15, 0.2) is 12.3 Å². The van der Waals surface area contributed by atoms with Gasteiger partial charge in [-0.25, -0.2) is 13.4 Å². The Hall–Kier alpha value is -1.37. The molecule has 0 aromatic carbocycles. The van der Waals surface area contributed by atoms with Crippen LogP contribution >= 0.6 is 0 Å². The number of anilines is 2. The molecule has 0 N–H and O–H groups in total. The second-order valence-electron chi connectivity index (χ2n) is 5.83. The van der Waals surface area contributed by atoms with Gasteiger partial charge >= 0.3 is 0 Å². The average Bonchev–Trinajstić information content (AvgIpc) is 2.86. The first-order valence-electron chi connectivity index (χ1n) is 7.98. The van der Waals surface area contributed by atoms with Crippen molar-refractivity contribution >= 4 is 21.6 Å². The molecule has 2 rings (SSSR count). The summed E-state index contributed by atoms with van der Waals surface area (Å²) in [4.78, 5) is 13.1. The summed E-state index contributed by atoms with van der Waals surface area (Å²) in [5, 5.41) is 0. The van der Waals surface area contributed by atoms with Crippen molar-refractivity contribution in [3.63, 3.8) is 0 Å². The van der Waals surface area contributed by atoms with Gasteiger partial charge < -0.3 is 9.80 Å². The molecule has 1 atom stereocenters. The van der Waals surface area contributed by atoms with Gasteiger partial charge in [0.15, 0.2) is 9.84 Å². The molecule has 0 radical (unpaired) electrons. The molecule has 1 aliphatic heterocycles. The summed E-state index contributed by atoms with van der Waals surface area (Å²) in [5.74, 6) is 1.99. The van der Waals surface area contributed by atoms with Crippen LogP contribution in [0.3, 0.4) is 0 Å². The van der Waals surface area contributed by atoms with Crippen molar-refractivity contribution in [1.29, 1.82) is 0 Å². The molecule has 22 heavy (non-hydrogen) atoms. The highest BCUT2D eigenvalue weighted by molar-refractivity contribution is 7.91. The van der Waals surface area contributed by atoms with Crippen molar-refractivity contribution in [2.45, 2.75) is 39.2 Å². The first-order valence-corrected chi connectivity index (χ1v) is 9.80. The summed E-state index contributed by atoms with van der Waals surface area (Å²) in [6.07, 6.45) is 4.68. The Morgan fingerprint density at radius 3 is 2.73 bits per heavy atom. The Morgan fingerprint density at radius 1 is 1.36 bits per heavy atom. The van der Waals surface area contributed by atoms with Crippen LogP contribution in [-0.4, -0.2) is 56.1 Å². The second kappa shape index (κ2) is 7.26. The fourth-order valence-corrected chi connectivity index (χ4v) is 4.51. The van der Waals surface area contributed by atoms with Gasteiger partial charge in [-0.1, -0.05) is 13.3 Å². The van der Waals surface area contributed by atoms with Gasteiger partial charge in [-0.3, -0.25) is 0 Å². The molecular weight excluding hydrogens is 300 g/mol. The monoisotopic (exact) mass is 326 g/mol. The van der Waals surface area contributed by atoms with E-state index in [2.05, 4.69) is 21.8 Å². The van der Waals surface area contributed by atoms with Gasteiger partial charge in [0.1, 0.15) is 5.82 Å². The Kier molecular flexibility index (Phi) is 5.61. The van der Waals surface area contributed by atoms with Crippen molar-refractivity contribution in [2.24, 2.45) is 0 Å². The highest BCUT2D eigenvalue weighted by Crippen LogP contribution is 2.22. The molecule has 0 saturated carbocycles. The molecule has 1 aliphatic rings. The van der Waals surface area contributed by atoms with Crippen LogP contribution in [-0.2, 0) is 9.84 Å². The molecular formula is C15H26N4O2S. The maximum atomic E-state index is 11.7. The predicted molar refractivity (Wildman–Crippen MR) is 90.3 cm³/mol. The normalized spacial score (nSPS) is 20.0. The summed E-state index contributed by atoms with van der Waals surface area (Å²) in [7, 11) is -0.879. The first-order chi connectivity index (χ1) is 10.5. The molecule has 7 heteroatoms. The van der Waals surface area contributed by atoms with E-state index in [9.17, 15) is 8.42 Å². The summed E-state index contributed by atoms with van der Waals surface area (Å²) < 4.78 is 23.4. The van der Waals surface area contributed by atoms with Crippen molar-refractivity contribution in [2.75, 3.05) is 41.4 Å². The molecule has 1 aromatic heterocycles. The topological polar surface area (TPSA) is 66.4 Å². The predicted octanol–water partition coefficient (Wildman–Crippen LogP) is 1.73. The Balaban J connectivity index is 2.16. The van der Waals surface area contributed by atoms with E-state index < -0.39 is 9.84 Å². The van der Waals surface area contributed by atoms with E-state index >= 15 is 0 Å². The van der Waals surface area contributed by atoms with E-state index in [1.54, 1.807) is 6.20 Å². The van der Waals surface area contributed by atoms with Crippen LogP contribution in [0.2, 0.25) is 0 Å². The van der Waals surface area contributed by atoms with Crippen LogP contribution in [0.5, 0.6) is 0 Å². The number of hydrogen-bond donors (Lipinski definition) is 0. The number of hydrogen-bond acceptors (Lipinski definition) is 6. The average molecular weight is 326 g/mol. The summed E-state index contributed by atoms with van der Waals surface area (Å²) >= 11 is 0. The fraction of sp³-hybridized carbons (Fsp3) is 0.733. The van der Waals surface area contributed by atoms with Crippen molar-refractivity contribution in [3.05, 3.63) is 12.3 Å². The number of sulfone groups is 1. The standard InChI is InChI=1S/C15H26N4O2S/c1-4-6-10-18(3)14-7-9-16-15(17-14)19(5-2)13-8-11-22(20,21)12-13/h7,9,13H,4-6,8,10-12H2,1-3H3. The zero-order chi connectivity index (χ0) is 16.2. The Labute approximate surface area is 133 Å². The lowest BCUT2D eigenvalue weighted by molar-refractivity contribution is 0.599. The van der Waals surface area contributed by atoms with Crippen LogP contribution in [0.1, 0.15) is 33.1 Å². The zero-order valence-electron chi connectivity index (χ0n) is 13.7. The van der Waals surface area contributed by atoms with E-state index in [4.69, 9.17) is 0 Å². The molecule has 0 amide bonds. The quantitative estimate of drug-likeness (QED) is 0.760. The Bertz CT molecular complexity index is 591. The molecule has 0 spiro atoms. The lowest BCUT2D eigenvalue weighted by atomic mass is 10.2. The minimum Gasteiger partial charge on any atom is -0.360 e. The lowest BCUT2D eigenvalue weighted by Gasteiger charge is -2.28. The van der Waals surface area contributed by atoms with Gasteiger partial charge in [0.2, 0.25) is 5.95 Å². The second-order valence-corrected chi connectivity index (χ2v) is 8.06. The minimum atomic E-state index is -2.90. The van der Waals surface area contributed by atoms with E-state index in [-0.39, 0.29) is 17.5 Å². The van der Waals surface area contributed by atoms with Crippen LogP contribution in [0.4, 0.5) is 11.8 Å². The highest BCUT2D eigenvalue weighted by atomic mass is 32.2. The molecule has 0 bridgehead atoms. The van der Waals surface area contributed by atoms with Gasteiger partial charge in [-0.2, -0.15) is 4.98 Å². The molecule has 124 valence electrons. The molecule has 1 aromatic rings. The van der Waals surface area contributed by atoms with Gasteiger partial charge in [0, 0.05) is 32.4 Å². The van der Waals surface area contributed by atoms with Gasteiger partial charge in [0.05, 0.1) is 11.5 Å². The fourth-order valence-electron chi connectivity index (χ4n) is 2.78. The van der Waals surface area contributed by atoms with Crippen molar-refractivity contribution < 1.29 is 8.42 Å². The number of aromatic nitrogens is 2. The summed E-state index contributed by atoms with van der Waals surface area (Å²) in [6, 6.07) is 1.89. The molecule has 1 unspecified atom stereocenters. The molecule has 2 heterocycles. The molecule has 1 saturated heterocycles. The van der Waals surface area contributed by atoms with E-state index in [0.29, 0.717) is 18.9 Å². The zero-order valence-corrected chi connectivity index (χ0v) is 14.5. The smallest absolute Gasteiger partial charge is 0.227 e. The number of nitrogens with zero attached hydrogens (tertiary/aromatic N) is 4. The SMILES string of the molecule is CCCCN(C)c1ccnc(N(CC)C2CCS(=O)(=O)C2)n1. The lowest BCUT2D eigenvalue weighted by Crippen LogP contribution is -2.37. The van der Waals surface area contributed by atoms with Crippen molar-refractivity contribution in [1.82, 2.24) is 9.97 Å². The number of rotatable bonds is 7. The first kappa shape index (κ1) is 17.0. The van der Waals surface area contributed by atoms with Crippen LogP contribution in [0.25, 0.3) is 0 Å². The molecule has 6 nitrogen and oxygen atoms in total. The maximum Gasteiger partial charge on any atom is 0.227 e. The molecule has 0 aliphatic carbocycles. The van der Waals surface area contributed by atoms with Gasteiger partial charge in [-0.15, -0.1) is 0 Å². The maximum absolute atomic E-state index is 11.7. The number of unbranched alkanes of at least 4 members (excludes halogenated alkanes) is 1. The summed E-state index contributed by atoms with van der Waals surface area (Å²) in [5.41, 5.74) is 0. The largest absolute Gasteiger partial charge is 0.360 e. The third-order valence-corrected chi connectivity index (χ3v) is 5.86. The van der Waals surface area contributed by atoms with E-state index in [0.717, 1.165) is 25.2 Å². The van der Waals surface area contributed by atoms with Crippen LogP contribution < -0.4 is 9.80 Å². The third kappa shape index (κ3) is 4.09. The summed E-state index contributed by atoms with van der Waals surface area (Å²) in [6.45, 7) is 5.85. The third-order valence-electron chi connectivity index (χ3n) is 4.11. The van der Waals surface area contributed by atoms with E-state index in [1.165, 1.54) is 0 Å². The van der Waals surface area contributed by atoms with Gasteiger partial charge in [0.25, 0.3) is 0 Å². The Morgan fingerprint density at radius 2 is 2.14 bits per heavy atom. The van der Waals surface area contributed by atoms with Crippen LogP contribution in [0, 0.1) is 0 Å². The highest BCUT2D eigenvalue weighted by Gasteiger charge is 2.32.